The van der Waals surface area contributed by atoms with Gasteiger partial charge in [0.05, 0.1) is 5.41 Å². The van der Waals surface area contributed by atoms with Crippen molar-refractivity contribution in [1.82, 2.24) is 0 Å². The van der Waals surface area contributed by atoms with Crippen LogP contribution < -0.4 is 0 Å². The molecule has 4 nitrogen and oxygen atoms in total. The van der Waals surface area contributed by atoms with E-state index in [2.05, 4.69) is 41.5 Å². The Balaban J connectivity index is 1.53. The summed E-state index contributed by atoms with van der Waals surface area (Å²) in [6.45, 7) is 16.0. The second-order valence-electron chi connectivity index (χ2n) is 14.4. The van der Waals surface area contributed by atoms with Crippen LogP contribution in [0.5, 0.6) is 0 Å². The Labute approximate surface area is 212 Å². The van der Waals surface area contributed by atoms with E-state index >= 15 is 0 Å². The molecule has 1 N–H and O–H groups in total. The summed E-state index contributed by atoms with van der Waals surface area (Å²) in [5.41, 5.74) is 3.07. The van der Waals surface area contributed by atoms with Gasteiger partial charge in [0, 0.05) is 12.3 Å². The van der Waals surface area contributed by atoms with E-state index in [1.54, 1.807) is 18.1 Å². The zero-order valence-corrected chi connectivity index (χ0v) is 23.2. The van der Waals surface area contributed by atoms with Gasteiger partial charge in [0.25, 0.3) is 0 Å². The van der Waals surface area contributed by atoms with Gasteiger partial charge >= 0.3 is 11.9 Å². The molecule has 0 unspecified atom stereocenters. The third-order valence-corrected chi connectivity index (χ3v) is 12.8. The highest BCUT2D eigenvalue weighted by atomic mass is 16.5. The van der Waals surface area contributed by atoms with Gasteiger partial charge in [0.15, 0.2) is 0 Å². The summed E-state index contributed by atoms with van der Waals surface area (Å²) in [6, 6.07) is 0. The van der Waals surface area contributed by atoms with Crippen LogP contribution in [0.15, 0.2) is 11.1 Å². The lowest BCUT2D eigenvalue weighted by atomic mass is 9.38. The molecule has 0 bridgehead atoms. The zero-order valence-electron chi connectivity index (χ0n) is 23.2. The zero-order chi connectivity index (χ0) is 25.6. The molecule has 5 rings (SSSR count). The fourth-order valence-corrected chi connectivity index (χ4v) is 10.9. The maximum atomic E-state index is 12.8. The number of rotatable bonds is 2. The van der Waals surface area contributed by atoms with Crippen LogP contribution in [-0.4, -0.2) is 23.1 Å². The first-order valence-corrected chi connectivity index (χ1v) is 14.4. The first-order chi connectivity index (χ1) is 16.3. The minimum absolute atomic E-state index is 0.0104. The fourth-order valence-electron chi connectivity index (χ4n) is 10.9. The van der Waals surface area contributed by atoms with E-state index in [9.17, 15) is 14.7 Å². The number of carbonyl (C=O) groups is 2. The first kappa shape index (κ1) is 25.3. The van der Waals surface area contributed by atoms with E-state index in [0.29, 0.717) is 23.7 Å². The molecule has 3 saturated carbocycles. The predicted molar refractivity (Wildman–Crippen MR) is 138 cm³/mol. The van der Waals surface area contributed by atoms with Gasteiger partial charge in [0.2, 0.25) is 0 Å². The molecule has 0 aromatic carbocycles. The molecule has 196 valence electrons. The number of ether oxygens (including phenoxy) is 1. The van der Waals surface area contributed by atoms with Gasteiger partial charge < -0.3 is 9.84 Å². The van der Waals surface area contributed by atoms with Crippen LogP contribution >= 0.6 is 0 Å². The minimum Gasteiger partial charge on any atom is -0.481 e. The number of allylic oxidation sites excluding steroid dienone is 2. The maximum absolute atomic E-state index is 12.8. The molecule has 35 heavy (non-hydrogen) atoms. The lowest BCUT2D eigenvalue weighted by Gasteiger charge is -2.67. The molecular formula is C31H48O4. The monoisotopic (exact) mass is 484 g/mol. The van der Waals surface area contributed by atoms with Crippen molar-refractivity contribution in [3.63, 3.8) is 0 Å². The van der Waals surface area contributed by atoms with Crippen LogP contribution in [0, 0.1) is 51.2 Å². The summed E-state index contributed by atoms with van der Waals surface area (Å²) < 4.78 is 5.86. The summed E-state index contributed by atoms with van der Waals surface area (Å²) in [4.78, 5) is 24.6. The van der Waals surface area contributed by atoms with Crippen molar-refractivity contribution in [3.8, 4) is 0 Å². The molecule has 0 spiro atoms. The molecule has 0 aliphatic heterocycles. The Kier molecular flexibility index (Phi) is 5.85. The lowest BCUT2D eigenvalue weighted by Crippen LogP contribution is -2.61. The minimum atomic E-state index is -0.543. The first-order valence-electron chi connectivity index (χ1n) is 14.4. The number of hydrogen-bond acceptors (Lipinski definition) is 3. The molecule has 4 heteroatoms. The molecule has 0 heterocycles. The summed E-state index contributed by atoms with van der Waals surface area (Å²) >= 11 is 0. The van der Waals surface area contributed by atoms with Crippen molar-refractivity contribution >= 4 is 11.9 Å². The van der Waals surface area contributed by atoms with E-state index < -0.39 is 11.4 Å². The second-order valence-corrected chi connectivity index (χ2v) is 14.4. The van der Waals surface area contributed by atoms with Gasteiger partial charge in [0.1, 0.15) is 6.10 Å². The van der Waals surface area contributed by atoms with Crippen LogP contribution in [0.4, 0.5) is 0 Å². The third-order valence-electron chi connectivity index (χ3n) is 12.8. The smallest absolute Gasteiger partial charge is 0.310 e. The largest absolute Gasteiger partial charge is 0.481 e. The Morgan fingerprint density at radius 3 is 2.26 bits per heavy atom. The number of carbonyl (C=O) groups excluding carboxylic acids is 1. The summed E-state index contributed by atoms with van der Waals surface area (Å²) in [5, 5.41) is 10.5. The Bertz CT molecular complexity index is 948. The van der Waals surface area contributed by atoms with E-state index in [0.717, 1.165) is 44.9 Å². The van der Waals surface area contributed by atoms with E-state index in [4.69, 9.17) is 4.74 Å². The van der Waals surface area contributed by atoms with Crippen molar-refractivity contribution in [3.05, 3.63) is 11.1 Å². The Morgan fingerprint density at radius 1 is 0.886 bits per heavy atom. The lowest BCUT2D eigenvalue weighted by molar-refractivity contribution is -0.191. The van der Waals surface area contributed by atoms with Gasteiger partial charge in [-0.25, -0.2) is 0 Å². The molecule has 3 fully saturated rings. The fraction of sp³-hybridized carbons (Fsp3) is 0.871. The standard InChI is InChI=1S/C31H48O4/c1-18-10-16-31(27(33)34)17-11-22-21(26(31)19(18)2)8-9-24-29(22,6)14-12-23-28(4,5)25(35-20(3)32)13-15-30(23,24)7/h18-19,23-26H,8-17H2,1-7H3,(H,33,34)/t18-,19+,23+,24+,25+,26+,29+,30+,31+/m1/s1. The number of esters is 1. The third kappa shape index (κ3) is 3.36. The number of aliphatic carboxylic acids is 1. The molecule has 0 amide bonds. The van der Waals surface area contributed by atoms with Crippen molar-refractivity contribution in [1.29, 1.82) is 0 Å². The molecule has 9 atom stereocenters. The van der Waals surface area contributed by atoms with Crippen molar-refractivity contribution in [2.45, 2.75) is 119 Å². The molecule has 0 aromatic rings. The predicted octanol–water partition coefficient (Wildman–Crippen LogP) is 7.41. The van der Waals surface area contributed by atoms with Crippen LogP contribution in [0.25, 0.3) is 0 Å². The number of hydrogen-bond donors (Lipinski definition) is 1. The maximum Gasteiger partial charge on any atom is 0.310 e. The molecule has 5 aliphatic carbocycles. The Hall–Kier alpha value is -1.32. The summed E-state index contributed by atoms with van der Waals surface area (Å²) in [6.07, 6.45) is 10.4. The normalized spacial score (nSPS) is 48.7. The average molecular weight is 485 g/mol. The van der Waals surface area contributed by atoms with Crippen LogP contribution in [0.1, 0.15) is 113 Å². The topological polar surface area (TPSA) is 63.6 Å². The molecule has 0 radical (unpaired) electrons. The van der Waals surface area contributed by atoms with Crippen LogP contribution in [0.3, 0.4) is 0 Å². The summed E-state index contributed by atoms with van der Waals surface area (Å²) in [5.74, 6) is 1.72. The SMILES string of the molecule is CC(=O)O[C@H]1CC[C@]2(C)[C@H]3CCC4=C(CC[C@@]5(C(=O)O)CC[C@@H](C)[C@H](C)[C@@H]45)[C@]3(C)CC[C@H]2C1(C)C. The van der Waals surface area contributed by atoms with E-state index in [1.165, 1.54) is 19.3 Å². The number of fused-ring (bicyclic) bond motifs is 6. The quantitative estimate of drug-likeness (QED) is 0.327. The average Bonchev–Trinajstić information content (AvgIpc) is 2.77. The van der Waals surface area contributed by atoms with E-state index in [-0.39, 0.29) is 34.2 Å². The molecule has 0 saturated heterocycles. The number of carboxylic acid groups (broad SMARTS) is 1. The van der Waals surface area contributed by atoms with Gasteiger partial charge in [-0.05, 0) is 105 Å². The summed E-state index contributed by atoms with van der Waals surface area (Å²) in [7, 11) is 0. The second kappa shape index (κ2) is 8.09. The molecular weight excluding hydrogens is 436 g/mol. The highest BCUT2D eigenvalue weighted by molar-refractivity contribution is 5.76. The van der Waals surface area contributed by atoms with Gasteiger partial charge in [-0.1, -0.05) is 52.7 Å². The highest BCUT2D eigenvalue weighted by Gasteiger charge is 2.65. The number of carboxylic acids is 1. The van der Waals surface area contributed by atoms with Crippen molar-refractivity contribution in [2.24, 2.45) is 51.2 Å². The molecule has 0 aromatic heterocycles. The van der Waals surface area contributed by atoms with Gasteiger partial charge in [-0.15, -0.1) is 0 Å². The van der Waals surface area contributed by atoms with Gasteiger partial charge in [-0.3, -0.25) is 9.59 Å². The highest BCUT2D eigenvalue weighted by Crippen LogP contribution is 2.71. The molecule has 5 aliphatic rings. The Morgan fingerprint density at radius 2 is 1.60 bits per heavy atom. The van der Waals surface area contributed by atoms with Crippen molar-refractivity contribution in [2.75, 3.05) is 0 Å². The van der Waals surface area contributed by atoms with Crippen molar-refractivity contribution < 1.29 is 19.4 Å². The van der Waals surface area contributed by atoms with Gasteiger partial charge in [-0.2, -0.15) is 0 Å². The van der Waals surface area contributed by atoms with Crippen LogP contribution in [-0.2, 0) is 14.3 Å². The van der Waals surface area contributed by atoms with E-state index in [1.807, 2.05) is 0 Å². The van der Waals surface area contributed by atoms with Crippen LogP contribution in [0.2, 0.25) is 0 Å².